The average Bonchev–Trinajstić information content (AvgIpc) is 0.757. The molecule has 19 aromatic rings. The Labute approximate surface area is 643 Å². The third-order valence-electron chi connectivity index (χ3n) is 23.3. The second-order valence-corrected chi connectivity index (χ2v) is 36.6. The number of rotatable bonds is 15. The highest BCUT2D eigenvalue weighted by molar-refractivity contribution is 7.20. The molecule has 0 unspecified atom stereocenters. The summed E-state index contributed by atoms with van der Waals surface area (Å²) in [6.07, 6.45) is 0. The summed E-state index contributed by atoms with van der Waals surface area (Å²) in [6.45, 7) is -0.267. The summed E-state index contributed by atoms with van der Waals surface area (Å²) in [7, 11) is -6.27. The fourth-order valence-corrected chi connectivity index (χ4v) is 28.4. The lowest BCUT2D eigenvalue weighted by Crippen LogP contribution is -2.74. The van der Waals surface area contributed by atoms with E-state index in [0.29, 0.717) is 0 Å². The van der Waals surface area contributed by atoms with Crippen LogP contribution in [0.25, 0.3) is 55.0 Å². The van der Waals surface area contributed by atoms with Gasteiger partial charge >= 0.3 is 0 Å². The van der Waals surface area contributed by atoms with Crippen LogP contribution < -0.4 is 72.6 Å². The van der Waals surface area contributed by atoms with Crippen molar-refractivity contribution in [1.29, 1.82) is 0 Å². The second-order valence-electron chi connectivity index (χ2n) is 29.0. The number of benzene rings is 17. The molecule has 0 fully saturated rings. The van der Waals surface area contributed by atoms with Gasteiger partial charge in [0, 0.05) is 78.4 Å². The van der Waals surface area contributed by atoms with Gasteiger partial charge in [-0.25, -0.2) is 0 Å². The molecule has 8 heteroatoms. The Morgan fingerprint density at radius 3 is 0.782 bits per heavy atom. The third-order valence-corrected chi connectivity index (χ3v) is 32.9. The van der Waals surface area contributed by atoms with E-state index in [-0.39, 0.29) is 6.71 Å². The zero-order valence-electron chi connectivity index (χ0n) is 60.4. The molecule has 516 valence electrons. The molecule has 0 N–H and O–H groups in total. The Balaban J connectivity index is 0.911. The summed E-state index contributed by atoms with van der Waals surface area (Å²) in [5, 5.41) is 15.3. The minimum atomic E-state index is -3.14. The van der Waals surface area contributed by atoms with Crippen molar-refractivity contribution in [2.45, 2.75) is 0 Å². The lowest BCUT2D eigenvalue weighted by Gasteiger charge is -2.45. The van der Waals surface area contributed by atoms with Gasteiger partial charge in [-0.3, -0.25) is 0 Å². The lowest BCUT2D eigenvalue weighted by molar-refractivity contribution is 1.16. The number of hydrogen-bond acceptors (Lipinski definition) is 3. The van der Waals surface area contributed by atoms with Gasteiger partial charge in [0.15, 0.2) is 16.1 Å². The normalized spacial score (nSPS) is 12.5. The third kappa shape index (κ3) is 10.1. The van der Waals surface area contributed by atoms with Gasteiger partial charge in [-0.1, -0.05) is 328 Å². The maximum absolute atomic E-state index is 3.14. The Hall–Kier alpha value is -13.8. The van der Waals surface area contributed by atoms with Crippen LogP contribution in [-0.4, -0.2) is 32.0 Å². The number of fused-ring (bicyclic) bond motifs is 10. The molecule has 0 amide bonds. The molecule has 4 heterocycles. The van der Waals surface area contributed by atoms with Crippen molar-refractivity contribution in [3.8, 4) is 11.4 Å². The Morgan fingerprint density at radius 1 is 0.200 bits per heavy atom. The lowest BCUT2D eigenvalue weighted by atomic mass is 9.33. The maximum atomic E-state index is 2.66. The molecule has 17 aromatic carbocycles. The van der Waals surface area contributed by atoms with Gasteiger partial charge < -0.3 is 23.8 Å². The Morgan fingerprint density at radius 2 is 0.473 bits per heavy atom. The summed E-state index contributed by atoms with van der Waals surface area (Å²) in [6, 6.07) is 165. The fraction of sp³-hybridized carbons (Fsp3) is 0. The average molecular weight is 1430 g/mol. The summed E-state index contributed by atoms with van der Waals surface area (Å²) >= 11 is 0. The van der Waals surface area contributed by atoms with Crippen LogP contribution in [0, 0.1) is 0 Å². The Kier molecular flexibility index (Phi) is 15.6. The number of para-hydroxylation sites is 6. The first-order valence-corrected chi connectivity index (χ1v) is 42.1. The monoisotopic (exact) mass is 1430 g/mol. The predicted molar refractivity (Wildman–Crippen MR) is 471 cm³/mol. The van der Waals surface area contributed by atoms with E-state index in [1.165, 1.54) is 79.4 Å². The fourth-order valence-electron chi connectivity index (χ4n) is 18.8. The summed E-state index contributed by atoms with van der Waals surface area (Å²) in [5.74, 6) is 0. The molecule has 0 saturated heterocycles. The number of nitrogens with zero attached hydrogens (tertiary/aromatic N) is 5. The minimum absolute atomic E-state index is 0.267. The van der Waals surface area contributed by atoms with Crippen LogP contribution in [0.5, 0.6) is 0 Å². The molecule has 0 saturated carbocycles. The largest absolute Gasteiger partial charge is 0.311 e. The van der Waals surface area contributed by atoms with Crippen molar-refractivity contribution >= 4 is 176 Å². The molecule has 0 atom stereocenters. The van der Waals surface area contributed by atoms with Crippen molar-refractivity contribution in [3.05, 3.63) is 437 Å². The molecular weight excluding hydrogens is 1360 g/mol. The van der Waals surface area contributed by atoms with Crippen LogP contribution >= 0.6 is 0 Å². The topological polar surface area (TPSA) is 19.6 Å². The van der Waals surface area contributed by atoms with Crippen molar-refractivity contribution < 1.29 is 0 Å². The van der Waals surface area contributed by atoms with E-state index in [4.69, 9.17) is 0 Å². The molecule has 0 bridgehead atoms. The van der Waals surface area contributed by atoms with E-state index < -0.39 is 16.1 Å². The van der Waals surface area contributed by atoms with Crippen molar-refractivity contribution in [1.82, 2.24) is 9.13 Å². The highest BCUT2D eigenvalue weighted by atomic mass is 28.3. The summed E-state index contributed by atoms with van der Waals surface area (Å²) in [4.78, 5) is 7.79. The summed E-state index contributed by atoms with van der Waals surface area (Å²) < 4.78 is 4.99. The van der Waals surface area contributed by atoms with Gasteiger partial charge in [-0.2, -0.15) is 0 Å². The van der Waals surface area contributed by atoms with Crippen LogP contribution in [0.2, 0.25) is 0 Å². The van der Waals surface area contributed by atoms with Crippen LogP contribution in [0.15, 0.2) is 437 Å². The van der Waals surface area contributed by atoms with Gasteiger partial charge in [-0.15, -0.1) is 0 Å². The molecule has 2 aromatic heterocycles. The van der Waals surface area contributed by atoms with Crippen molar-refractivity contribution in [2.75, 3.05) is 14.7 Å². The molecule has 0 radical (unpaired) electrons. The van der Waals surface area contributed by atoms with E-state index in [1.807, 2.05) is 0 Å². The van der Waals surface area contributed by atoms with Crippen LogP contribution in [-0.2, 0) is 0 Å². The van der Waals surface area contributed by atoms with Crippen LogP contribution in [0.4, 0.5) is 51.2 Å². The molecule has 21 rings (SSSR count). The van der Waals surface area contributed by atoms with Gasteiger partial charge in [0.05, 0.1) is 27.8 Å². The minimum Gasteiger partial charge on any atom is -0.311 e. The van der Waals surface area contributed by atoms with E-state index in [9.17, 15) is 0 Å². The number of hydrogen-bond donors (Lipinski definition) is 0. The predicted octanol–water partition coefficient (Wildman–Crippen LogP) is 18.2. The van der Waals surface area contributed by atoms with Crippen molar-refractivity contribution in [3.63, 3.8) is 0 Å². The molecule has 0 spiro atoms. The number of anilines is 9. The quantitative estimate of drug-likeness (QED) is 0.0753. The van der Waals surface area contributed by atoms with Gasteiger partial charge in [-0.05, 0) is 167 Å². The second kappa shape index (κ2) is 26.6. The first-order chi connectivity index (χ1) is 54.6. The van der Waals surface area contributed by atoms with Gasteiger partial charge in [0.1, 0.15) is 0 Å². The SMILES string of the molecule is c1ccc(N(c2ccccc2)c2cc3c4c(c2)N(c2cccc([Si](c5ccccc5)(c5ccccc5)c5ccccc5)c2)c2cc(-n5c6ccccc6c6ccccc65)ccc2B4c2ccc(-n4c5ccccc5c5ccccc54)cc2N3c2cccc([Si](c3ccccc3)(c3ccccc3)c3ccccc3)c2)cc1. The first-order valence-electron chi connectivity index (χ1n) is 38.1. The standard InChI is InChI=1S/C102H72BN5Si2/c1-9-35-73(36-10-1)104(74-37-11-2-12-38-74)79-71-100-102-101(72-79)108(76-40-34-54-87(68-76)110(83-47-19-6-20-48-83,84-49-21-7-22-50-84)85-51-23-8-24-52-85)99-70-78(106-96-61-31-27-57-90(96)91-58-28-32-62-97(91)106)64-66-93(99)103(102)92-65-63-77(105-94-59-29-25-55-88(94)89-56-26-30-60-95(89)105)69-98(92)107(100)75-39-33-53-86(67-75)109(80-41-13-3-14-42-80,81-43-15-4-16-44-81)82-45-17-5-18-46-82/h1-72H. The van der Waals surface area contributed by atoms with E-state index in [0.717, 1.165) is 84.6 Å². The molecule has 110 heavy (non-hydrogen) atoms. The molecule has 2 aliphatic heterocycles. The van der Waals surface area contributed by atoms with Crippen molar-refractivity contribution in [2.24, 2.45) is 0 Å². The highest BCUT2D eigenvalue weighted by Gasteiger charge is 2.48. The highest BCUT2D eigenvalue weighted by Crippen LogP contribution is 2.50. The number of aromatic nitrogens is 2. The van der Waals surface area contributed by atoms with E-state index >= 15 is 0 Å². The van der Waals surface area contributed by atoms with Gasteiger partial charge in [0.25, 0.3) is 6.71 Å². The molecule has 5 nitrogen and oxygen atoms in total. The maximum Gasteiger partial charge on any atom is 0.252 e. The van der Waals surface area contributed by atoms with E-state index in [1.54, 1.807) is 0 Å². The first kappa shape index (κ1) is 64.6. The summed E-state index contributed by atoms with van der Waals surface area (Å²) in [5.41, 5.74) is 20.1. The smallest absolute Gasteiger partial charge is 0.252 e. The van der Waals surface area contributed by atoms with Crippen LogP contribution in [0.1, 0.15) is 0 Å². The molecule has 2 aliphatic rings. The van der Waals surface area contributed by atoms with Gasteiger partial charge in [0.2, 0.25) is 0 Å². The molecule has 0 aliphatic carbocycles. The zero-order chi connectivity index (χ0) is 72.7. The van der Waals surface area contributed by atoms with Crippen LogP contribution in [0.3, 0.4) is 0 Å². The Bertz CT molecular complexity index is 5980. The van der Waals surface area contributed by atoms with E-state index in [2.05, 4.69) is 461 Å². The zero-order valence-corrected chi connectivity index (χ0v) is 62.4. The molecular formula is C102H72BN5Si2.